The third-order valence-electron chi connectivity index (χ3n) is 4.23. The molecule has 0 spiro atoms. The van der Waals surface area contributed by atoms with Gasteiger partial charge in [-0.1, -0.05) is 24.3 Å². The maximum absolute atomic E-state index is 5.98. The van der Waals surface area contributed by atoms with E-state index in [4.69, 9.17) is 15.2 Å². The van der Waals surface area contributed by atoms with Gasteiger partial charge in [-0.05, 0) is 55.8 Å². The molecule has 2 aromatic rings. The van der Waals surface area contributed by atoms with Crippen molar-refractivity contribution in [3.8, 4) is 17.2 Å². The molecule has 4 heteroatoms. The first-order chi connectivity index (χ1) is 11.2. The maximum atomic E-state index is 5.98. The first-order valence-corrected chi connectivity index (χ1v) is 8.12. The van der Waals surface area contributed by atoms with E-state index in [0.717, 1.165) is 49.7 Å². The Morgan fingerprint density at radius 1 is 1.04 bits per heavy atom. The molecule has 0 saturated carbocycles. The molecule has 1 aliphatic rings. The van der Waals surface area contributed by atoms with Gasteiger partial charge in [0, 0.05) is 12.6 Å². The summed E-state index contributed by atoms with van der Waals surface area (Å²) in [4.78, 5) is 2.45. The molecular weight excluding hydrogens is 288 g/mol. The van der Waals surface area contributed by atoms with Crippen molar-refractivity contribution in [2.45, 2.75) is 25.4 Å². The lowest BCUT2D eigenvalue weighted by Gasteiger charge is -2.30. The molecule has 2 aromatic carbocycles. The van der Waals surface area contributed by atoms with E-state index >= 15 is 0 Å². The monoisotopic (exact) mass is 312 g/mol. The van der Waals surface area contributed by atoms with E-state index in [-0.39, 0.29) is 0 Å². The molecule has 23 heavy (non-hydrogen) atoms. The van der Waals surface area contributed by atoms with Crippen LogP contribution in [0.5, 0.6) is 17.2 Å². The second-order valence-electron chi connectivity index (χ2n) is 6.01. The van der Waals surface area contributed by atoms with E-state index in [0.29, 0.717) is 6.04 Å². The molecule has 0 amide bonds. The lowest BCUT2D eigenvalue weighted by Crippen LogP contribution is -2.39. The van der Waals surface area contributed by atoms with Crippen molar-refractivity contribution in [1.82, 2.24) is 4.90 Å². The second kappa shape index (κ2) is 7.49. The van der Waals surface area contributed by atoms with Crippen LogP contribution in [-0.4, -0.2) is 31.1 Å². The predicted octanol–water partition coefficient (Wildman–Crippen LogP) is 3.41. The smallest absolute Gasteiger partial charge is 0.169 e. The summed E-state index contributed by atoms with van der Waals surface area (Å²) in [6.07, 6.45) is 2.16. The van der Waals surface area contributed by atoms with Crippen LogP contribution < -0.4 is 15.2 Å². The van der Waals surface area contributed by atoms with Crippen molar-refractivity contribution in [2.24, 2.45) is 5.73 Å². The number of hydrogen-bond donors (Lipinski definition) is 1. The quantitative estimate of drug-likeness (QED) is 0.919. The first kappa shape index (κ1) is 15.8. The Hall–Kier alpha value is -2.04. The average Bonchev–Trinajstić information content (AvgIpc) is 2.58. The van der Waals surface area contributed by atoms with Crippen LogP contribution in [-0.2, 0) is 6.54 Å². The standard InChI is InChI=1S/C19H24N2O2/c1-22-18-7-2-3-8-19(18)23-17-6-4-5-15(13-17)14-21-11-9-16(20)10-12-21/h2-8,13,16H,9-12,14,20H2,1H3. The summed E-state index contributed by atoms with van der Waals surface area (Å²) in [6, 6.07) is 16.3. The molecule has 0 unspecified atom stereocenters. The number of methoxy groups -OCH3 is 1. The highest BCUT2D eigenvalue weighted by Gasteiger charge is 2.16. The highest BCUT2D eigenvalue weighted by atomic mass is 16.5. The molecule has 3 rings (SSSR count). The minimum Gasteiger partial charge on any atom is -0.493 e. The highest BCUT2D eigenvalue weighted by Crippen LogP contribution is 2.31. The summed E-state index contributed by atoms with van der Waals surface area (Å²) < 4.78 is 11.3. The van der Waals surface area contributed by atoms with Gasteiger partial charge in [0.25, 0.3) is 0 Å². The summed E-state index contributed by atoms with van der Waals surface area (Å²) >= 11 is 0. The van der Waals surface area contributed by atoms with Gasteiger partial charge in [-0.3, -0.25) is 4.90 Å². The van der Waals surface area contributed by atoms with Crippen molar-refractivity contribution in [3.63, 3.8) is 0 Å². The van der Waals surface area contributed by atoms with Crippen molar-refractivity contribution in [2.75, 3.05) is 20.2 Å². The number of ether oxygens (including phenoxy) is 2. The van der Waals surface area contributed by atoms with Crippen LogP contribution in [0.1, 0.15) is 18.4 Å². The Labute approximate surface area is 137 Å². The van der Waals surface area contributed by atoms with Gasteiger partial charge in [0.2, 0.25) is 0 Å². The zero-order chi connectivity index (χ0) is 16.1. The third-order valence-corrected chi connectivity index (χ3v) is 4.23. The van der Waals surface area contributed by atoms with Gasteiger partial charge < -0.3 is 15.2 Å². The summed E-state index contributed by atoms with van der Waals surface area (Å²) in [7, 11) is 1.65. The van der Waals surface area contributed by atoms with Gasteiger partial charge in [0.1, 0.15) is 5.75 Å². The van der Waals surface area contributed by atoms with E-state index in [2.05, 4.69) is 17.0 Å². The summed E-state index contributed by atoms with van der Waals surface area (Å²) in [5, 5.41) is 0. The Balaban J connectivity index is 1.67. The lowest BCUT2D eigenvalue weighted by molar-refractivity contribution is 0.205. The van der Waals surface area contributed by atoms with Crippen LogP contribution >= 0.6 is 0 Å². The fourth-order valence-corrected chi connectivity index (χ4v) is 2.91. The zero-order valence-corrected chi connectivity index (χ0v) is 13.6. The second-order valence-corrected chi connectivity index (χ2v) is 6.01. The van der Waals surface area contributed by atoms with E-state index in [9.17, 15) is 0 Å². The molecule has 1 fully saturated rings. The largest absolute Gasteiger partial charge is 0.493 e. The molecule has 1 aliphatic heterocycles. The SMILES string of the molecule is COc1ccccc1Oc1cccc(CN2CCC(N)CC2)c1. The van der Waals surface area contributed by atoms with Gasteiger partial charge in [0.15, 0.2) is 11.5 Å². The Morgan fingerprint density at radius 3 is 2.52 bits per heavy atom. The number of piperidine rings is 1. The number of nitrogens with two attached hydrogens (primary N) is 1. The van der Waals surface area contributed by atoms with Crippen LogP contribution in [0.4, 0.5) is 0 Å². The molecule has 4 nitrogen and oxygen atoms in total. The van der Waals surface area contributed by atoms with Gasteiger partial charge in [0.05, 0.1) is 7.11 Å². The fraction of sp³-hybridized carbons (Fsp3) is 0.368. The van der Waals surface area contributed by atoms with E-state index < -0.39 is 0 Å². The summed E-state index contributed by atoms with van der Waals surface area (Å²) in [6.45, 7) is 3.08. The average molecular weight is 312 g/mol. The van der Waals surface area contributed by atoms with Crippen molar-refractivity contribution in [3.05, 3.63) is 54.1 Å². The van der Waals surface area contributed by atoms with E-state index in [1.165, 1.54) is 5.56 Å². The topological polar surface area (TPSA) is 47.7 Å². The van der Waals surface area contributed by atoms with Gasteiger partial charge in [-0.15, -0.1) is 0 Å². The summed E-state index contributed by atoms with van der Waals surface area (Å²) in [5.74, 6) is 2.31. The Kier molecular flexibility index (Phi) is 5.16. The molecule has 0 aromatic heterocycles. The zero-order valence-electron chi connectivity index (χ0n) is 13.6. The molecule has 0 bridgehead atoms. The van der Waals surface area contributed by atoms with E-state index in [1.54, 1.807) is 7.11 Å². The normalized spacial score (nSPS) is 16.3. The lowest BCUT2D eigenvalue weighted by atomic mass is 10.1. The predicted molar refractivity (Wildman–Crippen MR) is 92.0 cm³/mol. The number of nitrogens with zero attached hydrogens (tertiary/aromatic N) is 1. The van der Waals surface area contributed by atoms with Gasteiger partial charge in [-0.25, -0.2) is 0 Å². The number of benzene rings is 2. The van der Waals surface area contributed by atoms with Crippen molar-refractivity contribution in [1.29, 1.82) is 0 Å². The molecule has 0 aliphatic carbocycles. The van der Waals surface area contributed by atoms with Crippen LogP contribution in [0.2, 0.25) is 0 Å². The van der Waals surface area contributed by atoms with Gasteiger partial charge >= 0.3 is 0 Å². The van der Waals surface area contributed by atoms with Crippen molar-refractivity contribution < 1.29 is 9.47 Å². The maximum Gasteiger partial charge on any atom is 0.169 e. The molecule has 2 N–H and O–H groups in total. The fourth-order valence-electron chi connectivity index (χ4n) is 2.91. The van der Waals surface area contributed by atoms with Crippen LogP contribution in [0.25, 0.3) is 0 Å². The molecule has 1 heterocycles. The minimum absolute atomic E-state index is 0.367. The number of para-hydroxylation sites is 2. The molecule has 122 valence electrons. The van der Waals surface area contributed by atoms with E-state index in [1.807, 2.05) is 36.4 Å². The van der Waals surface area contributed by atoms with Crippen LogP contribution in [0.3, 0.4) is 0 Å². The Bertz CT molecular complexity index is 637. The minimum atomic E-state index is 0.367. The molecule has 1 saturated heterocycles. The van der Waals surface area contributed by atoms with Crippen molar-refractivity contribution >= 4 is 0 Å². The van der Waals surface area contributed by atoms with Crippen LogP contribution in [0, 0.1) is 0 Å². The third kappa shape index (κ3) is 4.24. The van der Waals surface area contributed by atoms with Gasteiger partial charge in [-0.2, -0.15) is 0 Å². The Morgan fingerprint density at radius 2 is 1.78 bits per heavy atom. The number of hydrogen-bond acceptors (Lipinski definition) is 4. The number of likely N-dealkylation sites (tertiary alicyclic amines) is 1. The molecule has 0 atom stereocenters. The number of rotatable bonds is 5. The highest BCUT2D eigenvalue weighted by molar-refractivity contribution is 5.43. The molecular formula is C19H24N2O2. The molecule has 0 radical (unpaired) electrons. The summed E-state index contributed by atoms with van der Waals surface area (Å²) in [5.41, 5.74) is 7.23. The van der Waals surface area contributed by atoms with Crippen LogP contribution in [0.15, 0.2) is 48.5 Å². The first-order valence-electron chi connectivity index (χ1n) is 8.12.